The summed E-state index contributed by atoms with van der Waals surface area (Å²) >= 11 is 0. The second-order valence-electron chi connectivity index (χ2n) is 5.15. The standard InChI is InChI=1S/C15H20N2O3/c1-10-3-4-12(9-13(10)20-2)15(19)17-7-5-11(6-8-17)14(16)18/h3-4,9,11H,5-8H2,1-2H3,(H2,16,18). The van der Waals surface area contributed by atoms with E-state index in [0.717, 1.165) is 5.56 Å². The summed E-state index contributed by atoms with van der Waals surface area (Å²) in [5, 5.41) is 0. The van der Waals surface area contributed by atoms with E-state index in [1.807, 2.05) is 13.0 Å². The fourth-order valence-electron chi connectivity index (χ4n) is 2.50. The van der Waals surface area contributed by atoms with Crippen LogP contribution in [-0.4, -0.2) is 36.9 Å². The van der Waals surface area contributed by atoms with Gasteiger partial charge in [0.05, 0.1) is 7.11 Å². The molecule has 108 valence electrons. The molecule has 0 atom stereocenters. The first-order chi connectivity index (χ1) is 9.52. The highest BCUT2D eigenvalue weighted by atomic mass is 16.5. The van der Waals surface area contributed by atoms with E-state index in [-0.39, 0.29) is 17.7 Å². The number of hydrogen-bond donors (Lipinski definition) is 1. The van der Waals surface area contributed by atoms with Crippen molar-refractivity contribution in [2.45, 2.75) is 19.8 Å². The molecule has 0 aromatic heterocycles. The molecule has 1 fully saturated rings. The molecule has 1 saturated heterocycles. The molecule has 1 heterocycles. The Bertz CT molecular complexity index is 520. The Labute approximate surface area is 118 Å². The fourth-order valence-corrected chi connectivity index (χ4v) is 2.50. The molecule has 2 rings (SSSR count). The number of carbonyl (C=O) groups is 2. The van der Waals surface area contributed by atoms with E-state index in [9.17, 15) is 9.59 Å². The minimum Gasteiger partial charge on any atom is -0.496 e. The summed E-state index contributed by atoms with van der Waals surface area (Å²) in [4.78, 5) is 25.3. The molecule has 0 spiro atoms. The van der Waals surface area contributed by atoms with Crippen LogP contribution in [0.1, 0.15) is 28.8 Å². The summed E-state index contributed by atoms with van der Waals surface area (Å²) in [6, 6.07) is 5.44. The lowest BCUT2D eigenvalue weighted by molar-refractivity contribution is -0.123. The van der Waals surface area contributed by atoms with E-state index in [0.29, 0.717) is 37.2 Å². The van der Waals surface area contributed by atoms with Crippen molar-refractivity contribution in [3.63, 3.8) is 0 Å². The largest absolute Gasteiger partial charge is 0.496 e. The molecule has 2 N–H and O–H groups in total. The fraction of sp³-hybridized carbons (Fsp3) is 0.467. The number of primary amides is 1. The van der Waals surface area contributed by atoms with Crippen molar-refractivity contribution < 1.29 is 14.3 Å². The number of likely N-dealkylation sites (tertiary alicyclic amines) is 1. The van der Waals surface area contributed by atoms with Gasteiger partial charge in [-0.2, -0.15) is 0 Å². The molecule has 0 saturated carbocycles. The van der Waals surface area contributed by atoms with Crippen LogP contribution in [0, 0.1) is 12.8 Å². The topological polar surface area (TPSA) is 72.6 Å². The molecule has 0 aliphatic carbocycles. The number of benzene rings is 1. The van der Waals surface area contributed by atoms with Crippen LogP contribution in [0.15, 0.2) is 18.2 Å². The highest BCUT2D eigenvalue weighted by Crippen LogP contribution is 2.22. The van der Waals surface area contributed by atoms with Gasteiger partial charge in [-0.25, -0.2) is 0 Å². The van der Waals surface area contributed by atoms with Gasteiger partial charge in [-0.05, 0) is 37.5 Å². The minimum atomic E-state index is -0.269. The summed E-state index contributed by atoms with van der Waals surface area (Å²) in [5.74, 6) is 0.315. The first-order valence-corrected chi connectivity index (χ1v) is 6.76. The Kier molecular flexibility index (Phi) is 4.27. The average molecular weight is 276 g/mol. The van der Waals surface area contributed by atoms with Gasteiger partial charge < -0.3 is 15.4 Å². The zero-order valence-electron chi connectivity index (χ0n) is 11.9. The third-order valence-electron chi connectivity index (χ3n) is 3.84. The first-order valence-electron chi connectivity index (χ1n) is 6.76. The van der Waals surface area contributed by atoms with E-state index >= 15 is 0 Å². The van der Waals surface area contributed by atoms with Crippen LogP contribution in [0.25, 0.3) is 0 Å². The van der Waals surface area contributed by atoms with Crippen molar-refractivity contribution in [3.05, 3.63) is 29.3 Å². The summed E-state index contributed by atoms with van der Waals surface area (Å²) in [6.07, 6.45) is 1.29. The van der Waals surface area contributed by atoms with Crippen molar-refractivity contribution in [2.75, 3.05) is 20.2 Å². The number of carbonyl (C=O) groups excluding carboxylic acids is 2. The first kappa shape index (κ1) is 14.4. The molecular formula is C15H20N2O3. The monoisotopic (exact) mass is 276 g/mol. The van der Waals surface area contributed by atoms with Gasteiger partial charge in [0.1, 0.15) is 5.75 Å². The summed E-state index contributed by atoms with van der Waals surface area (Å²) in [5.41, 5.74) is 6.91. The van der Waals surface area contributed by atoms with Crippen molar-refractivity contribution >= 4 is 11.8 Å². The number of hydrogen-bond acceptors (Lipinski definition) is 3. The molecule has 1 aromatic carbocycles. The average Bonchev–Trinajstić information content (AvgIpc) is 2.47. The van der Waals surface area contributed by atoms with Gasteiger partial charge in [-0.3, -0.25) is 9.59 Å². The second-order valence-corrected chi connectivity index (χ2v) is 5.15. The van der Waals surface area contributed by atoms with Gasteiger partial charge in [-0.1, -0.05) is 6.07 Å². The lowest BCUT2D eigenvalue weighted by Crippen LogP contribution is -2.41. The predicted octanol–water partition coefficient (Wildman–Crippen LogP) is 1.34. The van der Waals surface area contributed by atoms with Crippen molar-refractivity contribution in [2.24, 2.45) is 11.7 Å². The zero-order chi connectivity index (χ0) is 14.7. The van der Waals surface area contributed by atoms with E-state index in [1.165, 1.54) is 0 Å². The quantitative estimate of drug-likeness (QED) is 0.905. The molecule has 1 aliphatic rings. The van der Waals surface area contributed by atoms with Crippen molar-refractivity contribution in [3.8, 4) is 5.75 Å². The Morgan fingerprint density at radius 3 is 2.50 bits per heavy atom. The molecule has 2 amide bonds. The number of rotatable bonds is 3. The van der Waals surface area contributed by atoms with Gasteiger partial charge in [0.2, 0.25) is 5.91 Å². The zero-order valence-corrected chi connectivity index (χ0v) is 11.9. The number of nitrogens with two attached hydrogens (primary N) is 1. The third-order valence-corrected chi connectivity index (χ3v) is 3.84. The maximum atomic E-state index is 12.4. The second kappa shape index (κ2) is 5.94. The SMILES string of the molecule is COc1cc(C(=O)N2CCC(C(N)=O)CC2)ccc1C. The molecule has 0 unspecified atom stereocenters. The number of piperidine rings is 1. The molecule has 5 heteroatoms. The van der Waals surface area contributed by atoms with E-state index in [2.05, 4.69) is 0 Å². The Balaban J connectivity index is 2.07. The van der Waals surface area contributed by atoms with Gasteiger partial charge in [0.25, 0.3) is 5.91 Å². The van der Waals surface area contributed by atoms with Gasteiger partial charge in [0, 0.05) is 24.6 Å². The minimum absolute atomic E-state index is 0.0220. The molecule has 1 aliphatic heterocycles. The van der Waals surface area contributed by atoms with Crippen LogP contribution in [0.4, 0.5) is 0 Å². The Hall–Kier alpha value is -2.04. The molecule has 5 nitrogen and oxygen atoms in total. The summed E-state index contributed by atoms with van der Waals surface area (Å²) in [7, 11) is 1.59. The smallest absolute Gasteiger partial charge is 0.253 e. The van der Waals surface area contributed by atoms with E-state index < -0.39 is 0 Å². The molecular weight excluding hydrogens is 256 g/mol. The van der Waals surface area contributed by atoms with Crippen LogP contribution >= 0.6 is 0 Å². The highest BCUT2D eigenvalue weighted by Gasteiger charge is 2.26. The van der Waals surface area contributed by atoms with E-state index in [4.69, 9.17) is 10.5 Å². The predicted molar refractivity (Wildman–Crippen MR) is 75.6 cm³/mol. The lowest BCUT2D eigenvalue weighted by Gasteiger charge is -2.30. The van der Waals surface area contributed by atoms with Gasteiger partial charge in [0.15, 0.2) is 0 Å². The van der Waals surface area contributed by atoms with Gasteiger partial charge >= 0.3 is 0 Å². The maximum Gasteiger partial charge on any atom is 0.253 e. The van der Waals surface area contributed by atoms with Crippen LogP contribution in [0.5, 0.6) is 5.75 Å². The maximum absolute atomic E-state index is 12.4. The van der Waals surface area contributed by atoms with Crippen LogP contribution in [0.3, 0.4) is 0 Å². The van der Waals surface area contributed by atoms with Crippen LogP contribution in [0.2, 0.25) is 0 Å². The Morgan fingerprint density at radius 2 is 1.95 bits per heavy atom. The number of amides is 2. The lowest BCUT2D eigenvalue weighted by atomic mass is 9.96. The Morgan fingerprint density at radius 1 is 1.30 bits per heavy atom. The number of aryl methyl sites for hydroxylation is 1. The van der Waals surface area contributed by atoms with Crippen LogP contribution in [-0.2, 0) is 4.79 Å². The van der Waals surface area contributed by atoms with E-state index in [1.54, 1.807) is 24.1 Å². The van der Waals surface area contributed by atoms with Crippen molar-refractivity contribution in [1.29, 1.82) is 0 Å². The molecule has 20 heavy (non-hydrogen) atoms. The van der Waals surface area contributed by atoms with Crippen LogP contribution < -0.4 is 10.5 Å². The number of methoxy groups -OCH3 is 1. The normalized spacial score (nSPS) is 16.0. The molecule has 0 bridgehead atoms. The van der Waals surface area contributed by atoms with Crippen molar-refractivity contribution in [1.82, 2.24) is 4.90 Å². The molecule has 1 aromatic rings. The highest BCUT2D eigenvalue weighted by molar-refractivity contribution is 5.95. The summed E-state index contributed by atoms with van der Waals surface area (Å²) in [6.45, 7) is 3.08. The summed E-state index contributed by atoms with van der Waals surface area (Å²) < 4.78 is 5.24. The third kappa shape index (κ3) is 2.92. The number of ether oxygens (including phenoxy) is 1. The number of nitrogens with zero attached hydrogens (tertiary/aromatic N) is 1. The molecule has 0 radical (unpaired) electrons. The van der Waals surface area contributed by atoms with Gasteiger partial charge in [-0.15, -0.1) is 0 Å².